The number of benzene rings is 2. The minimum absolute atomic E-state index is 0. The molecule has 0 aliphatic rings. The van der Waals surface area contributed by atoms with E-state index in [9.17, 15) is 3.40 Å². The summed E-state index contributed by atoms with van der Waals surface area (Å²) in [5.74, 6) is 0. The summed E-state index contributed by atoms with van der Waals surface area (Å²) in [6.45, 7) is 12.9. The maximum atomic E-state index is 9.76. The molecule has 0 spiro atoms. The molecule has 0 amide bonds. The summed E-state index contributed by atoms with van der Waals surface area (Å²) in [6.07, 6.45) is 0. The van der Waals surface area contributed by atoms with E-state index < -0.39 is 18.1 Å². The maximum absolute atomic E-state index is 9.76. The average Bonchev–Trinajstić information content (AvgIpc) is 2.57. The zero-order valence-electron chi connectivity index (χ0n) is 15.8. The van der Waals surface area contributed by atoms with E-state index in [4.69, 9.17) is 0 Å². The van der Waals surface area contributed by atoms with Crippen LogP contribution in [0, 0.1) is 0 Å². The fraction of sp³-hybridized carbons (Fsp3) is 0.316. The molecule has 142 valence electrons. The van der Waals surface area contributed by atoms with Gasteiger partial charge in [-0.3, -0.25) is 0 Å². The number of rotatable bonds is 2. The van der Waals surface area contributed by atoms with Crippen LogP contribution in [-0.4, -0.2) is 30.6 Å². The van der Waals surface area contributed by atoms with Crippen molar-refractivity contribution in [2.45, 2.75) is 13.8 Å². The zero-order chi connectivity index (χ0) is 17.7. The van der Waals surface area contributed by atoms with Gasteiger partial charge >= 0.3 is 39.2 Å². The van der Waals surface area contributed by atoms with E-state index in [2.05, 4.69) is 87.3 Å². The second-order valence-electron chi connectivity index (χ2n) is 5.45. The van der Waals surface area contributed by atoms with Gasteiger partial charge in [0.2, 0.25) is 0 Å². The molecule has 0 unspecified atom stereocenters. The average molecular weight is 591 g/mol. The van der Waals surface area contributed by atoms with Crippen LogP contribution in [0.1, 0.15) is 13.8 Å². The number of hydrogen-bond acceptors (Lipinski definition) is 1. The van der Waals surface area contributed by atoms with E-state index in [0.29, 0.717) is 0 Å². The molecule has 0 radical (unpaired) electrons. The van der Waals surface area contributed by atoms with Gasteiger partial charge in [0.25, 0.3) is 0 Å². The molecular formula is C19H30Cl2OP2W. The molecule has 0 saturated heterocycles. The first kappa shape index (κ1) is 30.0. The van der Waals surface area contributed by atoms with Crippen molar-refractivity contribution in [2.75, 3.05) is 26.7 Å². The van der Waals surface area contributed by atoms with Crippen molar-refractivity contribution in [3.05, 3.63) is 60.7 Å². The Kier molecular flexibility index (Phi) is 22.8. The van der Waals surface area contributed by atoms with Gasteiger partial charge in [-0.15, -0.1) is 24.8 Å². The summed E-state index contributed by atoms with van der Waals surface area (Å²) in [6, 6.07) is 21.2. The quantitative estimate of drug-likeness (QED) is 0.418. The van der Waals surface area contributed by atoms with Gasteiger partial charge in [-0.05, 0) is 37.3 Å². The summed E-state index contributed by atoms with van der Waals surface area (Å²) in [5, 5.41) is 2.96. The summed E-state index contributed by atoms with van der Waals surface area (Å²) in [5.41, 5.74) is 0. The Labute approximate surface area is 177 Å². The van der Waals surface area contributed by atoms with Crippen LogP contribution in [0.25, 0.3) is 0 Å². The minimum atomic E-state index is -1.18. The van der Waals surface area contributed by atoms with E-state index >= 15 is 0 Å². The molecule has 0 aromatic heterocycles. The van der Waals surface area contributed by atoms with Gasteiger partial charge in [0.05, 0.1) is 0 Å². The van der Waals surface area contributed by atoms with E-state index in [1.807, 2.05) is 13.8 Å². The molecule has 0 aliphatic carbocycles. The normalized spacial score (nSPS) is 8.64. The summed E-state index contributed by atoms with van der Waals surface area (Å²) < 4.78 is 10.9. The second-order valence-corrected chi connectivity index (χ2v) is 13.6. The Hall–Kier alpha value is 0.238. The fourth-order valence-corrected chi connectivity index (χ4v) is 2.99. The largest absolute Gasteiger partial charge is 0.147 e. The van der Waals surface area contributed by atoms with Crippen LogP contribution >= 0.6 is 40.7 Å². The first-order valence-electron chi connectivity index (χ1n) is 7.43. The molecule has 2 aromatic rings. The maximum Gasteiger partial charge on any atom is -0.147 e. The van der Waals surface area contributed by atoms with Gasteiger partial charge in [-0.1, -0.05) is 76.5 Å². The molecule has 6 heteroatoms. The van der Waals surface area contributed by atoms with Gasteiger partial charge in [-0.25, -0.2) is 0 Å². The Morgan fingerprint density at radius 1 is 0.680 bits per heavy atom. The molecule has 0 bridgehead atoms. The SMILES string of the molecule is CP(C)c1ccccc1.CP(C)c1ccccc1.C[C](C)=[W]=[O].Cl.Cl. The molecule has 0 heterocycles. The Morgan fingerprint density at radius 2 is 0.920 bits per heavy atom. The van der Waals surface area contributed by atoms with Crippen LogP contribution in [0.5, 0.6) is 0 Å². The van der Waals surface area contributed by atoms with Crippen LogP contribution in [0.4, 0.5) is 0 Å². The second kappa shape index (κ2) is 19.0. The third-order valence-corrected chi connectivity index (χ3v) is 6.57. The number of hydrogen-bond donors (Lipinski definition) is 0. The van der Waals surface area contributed by atoms with Crippen molar-refractivity contribution in [1.29, 1.82) is 0 Å². The summed E-state index contributed by atoms with van der Waals surface area (Å²) in [4.78, 5) is 0. The van der Waals surface area contributed by atoms with Crippen molar-refractivity contribution in [3.8, 4) is 0 Å². The Bertz CT molecular complexity index is 539. The molecule has 1 nitrogen and oxygen atoms in total. The Morgan fingerprint density at radius 3 is 1.04 bits per heavy atom. The Balaban J connectivity index is -0.000000291. The molecule has 0 saturated carbocycles. The summed E-state index contributed by atoms with van der Waals surface area (Å²) >= 11 is -1.18. The molecule has 2 rings (SSSR count). The molecule has 25 heavy (non-hydrogen) atoms. The van der Waals surface area contributed by atoms with Gasteiger partial charge in [0, 0.05) is 0 Å². The topological polar surface area (TPSA) is 17.1 Å². The van der Waals surface area contributed by atoms with Crippen molar-refractivity contribution >= 4 is 55.2 Å². The molecule has 0 fully saturated rings. The van der Waals surface area contributed by atoms with Crippen molar-refractivity contribution in [1.82, 2.24) is 0 Å². The summed E-state index contributed by atoms with van der Waals surface area (Å²) in [7, 11) is 0.209. The van der Waals surface area contributed by atoms with Crippen LogP contribution in [-0.2, 0) is 21.5 Å². The number of halogens is 2. The third-order valence-electron chi connectivity index (χ3n) is 2.71. The van der Waals surface area contributed by atoms with Crippen LogP contribution in [0.3, 0.4) is 0 Å². The van der Waals surface area contributed by atoms with E-state index in [0.717, 1.165) is 3.90 Å². The predicted octanol–water partition coefficient (Wildman–Crippen LogP) is 5.58. The van der Waals surface area contributed by atoms with Gasteiger partial charge in [0.1, 0.15) is 0 Å². The first-order valence-corrected chi connectivity index (χ1v) is 14.6. The van der Waals surface area contributed by atoms with Gasteiger partial charge < -0.3 is 0 Å². The van der Waals surface area contributed by atoms with Crippen molar-refractivity contribution in [3.63, 3.8) is 0 Å². The van der Waals surface area contributed by atoms with Crippen LogP contribution < -0.4 is 10.6 Å². The van der Waals surface area contributed by atoms with E-state index in [1.165, 1.54) is 10.6 Å². The third kappa shape index (κ3) is 17.4. The molecule has 0 aliphatic heterocycles. The smallest absolute Gasteiger partial charge is 0.147 e. The van der Waals surface area contributed by atoms with Gasteiger partial charge in [0.15, 0.2) is 0 Å². The van der Waals surface area contributed by atoms with Crippen molar-refractivity contribution in [2.24, 2.45) is 0 Å². The molecule has 2 aromatic carbocycles. The minimum Gasteiger partial charge on any atom is -0.147 e. The molecule has 0 atom stereocenters. The van der Waals surface area contributed by atoms with Crippen LogP contribution in [0.2, 0.25) is 0 Å². The van der Waals surface area contributed by atoms with E-state index in [-0.39, 0.29) is 40.7 Å². The standard InChI is InChI=1S/2C8H11P.C3H6.2ClH.O.W/c2*1-9(2)8-6-4-3-5-7-8;1-3-2;;;;/h2*3-7H,1-2H3;1-2H3;2*1H;;. The van der Waals surface area contributed by atoms with Crippen LogP contribution in [0.15, 0.2) is 60.7 Å². The van der Waals surface area contributed by atoms with Crippen molar-refractivity contribution < 1.29 is 21.5 Å². The van der Waals surface area contributed by atoms with E-state index in [1.54, 1.807) is 0 Å². The first-order chi connectivity index (χ1) is 10.9. The fourth-order valence-electron chi connectivity index (χ4n) is 1.45. The van der Waals surface area contributed by atoms with Gasteiger partial charge in [-0.2, -0.15) is 0 Å². The predicted molar refractivity (Wildman–Crippen MR) is 121 cm³/mol. The zero-order valence-corrected chi connectivity index (χ0v) is 22.2. The monoisotopic (exact) mass is 590 g/mol. The molecular weight excluding hydrogens is 561 g/mol. The molecule has 0 N–H and O–H groups in total.